The zero-order valence-corrected chi connectivity index (χ0v) is 11.3. The number of rotatable bonds is 7. The molecule has 118 valence electrons. The molecule has 0 aliphatic rings. The van der Waals surface area contributed by atoms with E-state index >= 15 is 0 Å². The van der Waals surface area contributed by atoms with Crippen molar-refractivity contribution in [2.45, 2.75) is 11.3 Å². The molecule has 21 heavy (non-hydrogen) atoms. The Hall–Kier alpha value is -1.72. The average molecular weight is 328 g/mol. The fourth-order valence-corrected chi connectivity index (χ4v) is 3.11. The van der Waals surface area contributed by atoms with Crippen LogP contribution in [0.25, 0.3) is 0 Å². The lowest BCUT2D eigenvalue weighted by molar-refractivity contribution is -0.388. The SMILES string of the molecule is O=[N+]([O-])c1cc(F)ccc1S(=O)(=O)N(CCO)CC(F)F. The highest BCUT2D eigenvalue weighted by atomic mass is 32.2. The van der Waals surface area contributed by atoms with Gasteiger partial charge in [0, 0.05) is 6.54 Å². The van der Waals surface area contributed by atoms with Crippen molar-refractivity contribution < 1.29 is 31.6 Å². The number of alkyl halides is 2. The van der Waals surface area contributed by atoms with Gasteiger partial charge in [-0.1, -0.05) is 0 Å². The number of aliphatic hydroxyl groups excluding tert-OH is 1. The Morgan fingerprint density at radius 3 is 2.48 bits per heavy atom. The summed E-state index contributed by atoms with van der Waals surface area (Å²) in [5.41, 5.74) is -1.06. The third-order valence-electron chi connectivity index (χ3n) is 2.43. The van der Waals surface area contributed by atoms with E-state index in [1.54, 1.807) is 0 Å². The molecule has 0 amide bonds. The van der Waals surface area contributed by atoms with E-state index in [0.717, 1.165) is 0 Å². The number of hydrogen-bond acceptors (Lipinski definition) is 5. The fourth-order valence-electron chi connectivity index (χ4n) is 1.57. The summed E-state index contributed by atoms with van der Waals surface area (Å²) in [7, 11) is -4.67. The summed E-state index contributed by atoms with van der Waals surface area (Å²) in [4.78, 5) is 8.74. The second-order valence-electron chi connectivity index (χ2n) is 3.85. The van der Waals surface area contributed by atoms with Crippen molar-refractivity contribution in [1.29, 1.82) is 0 Å². The van der Waals surface area contributed by atoms with Crippen molar-refractivity contribution in [3.05, 3.63) is 34.1 Å². The summed E-state index contributed by atoms with van der Waals surface area (Å²) >= 11 is 0. The fraction of sp³-hybridized carbons (Fsp3) is 0.400. The van der Waals surface area contributed by atoms with Gasteiger partial charge in [0.15, 0.2) is 4.90 Å². The molecule has 1 aromatic rings. The smallest absolute Gasteiger partial charge is 0.292 e. The summed E-state index contributed by atoms with van der Waals surface area (Å²) in [6.07, 6.45) is -3.04. The molecular weight excluding hydrogens is 317 g/mol. The molecule has 0 aliphatic carbocycles. The molecule has 0 unspecified atom stereocenters. The molecule has 0 heterocycles. The highest BCUT2D eigenvalue weighted by Gasteiger charge is 2.33. The van der Waals surface area contributed by atoms with E-state index in [0.29, 0.717) is 18.2 Å². The molecule has 1 rings (SSSR count). The average Bonchev–Trinajstić information content (AvgIpc) is 2.37. The lowest BCUT2D eigenvalue weighted by Crippen LogP contribution is -2.37. The number of nitro groups is 1. The first kappa shape index (κ1) is 17.3. The van der Waals surface area contributed by atoms with Gasteiger partial charge in [0.05, 0.1) is 24.1 Å². The monoisotopic (exact) mass is 328 g/mol. The van der Waals surface area contributed by atoms with Crippen LogP contribution in [-0.4, -0.2) is 48.9 Å². The van der Waals surface area contributed by atoms with E-state index < -0.39 is 57.5 Å². The molecule has 0 saturated carbocycles. The standard InChI is InChI=1S/C10H11F3N2O5S/c11-7-1-2-9(8(5-7)15(17)18)21(19,20)14(3-4-16)6-10(12)13/h1-2,5,10,16H,3-4,6H2. The molecule has 0 bridgehead atoms. The number of hydrogen-bond donors (Lipinski definition) is 1. The van der Waals surface area contributed by atoms with Gasteiger partial charge >= 0.3 is 0 Å². The molecule has 0 saturated heterocycles. The van der Waals surface area contributed by atoms with E-state index in [-0.39, 0.29) is 4.31 Å². The van der Waals surface area contributed by atoms with Gasteiger partial charge in [-0.2, -0.15) is 4.31 Å². The lowest BCUT2D eigenvalue weighted by atomic mass is 10.3. The van der Waals surface area contributed by atoms with Crippen molar-refractivity contribution in [2.75, 3.05) is 19.7 Å². The van der Waals surface area contributed by atoms with Gasteiger partial charge in [-0.25, -0.2) is 21.6 Å². The largest absolute Gasteiger partial charge is 0.395 e. The number of nitro benzene ring substituents is 1. The highest BCUT2D eigenvalue weighted by Crippen LogP contribution is 2.27. The van der Waals surface area contributed by atoms with Gasteiger partial charge in [-0.15, -0.1) is 0 Å². The zero-order chi connectivity index (χ0) is 16.2. The quantitative estimate of drug-likeness (QED) is 0.594. The van der Waals surface area contributed by atoms with Gasteiger partial charge in [-0.3, -0.25) is 10.1 Å². The Morgan fingerprint density at radius 1 is 1.38 bits per heavy atom. The normalized spacial score (nSPS) is 12.1. The van der Waals surface area contributed by atoms with Crippen LogP contribution >= 0.6 is 0 Å². The summed E-state index contributed by atoms with van der Waals surface area (Å²) in [5, 5.41) is 19.5. The van der Waals surface area contributed by atoms with Crippen LogP contribution in [0.3, 0.4) is 0 Å². The molecule has 0 aromatic heterocycles. The number of benzene rings is 1. The predicted octanol–water partition coefficient (Wildman–Crippen LogP) is 0.982. The summed E-state index contributed by atoms with van der Waals surface area (Å²) in [6, 6.07) is 1.67. The van der Waals surface area contributed by atoms with E-state index in [1.165, 1.54) is 0 Å². The molecule has 7 nitrogen and oxygen atoms in total. The second kappa shape index (κ2) is 6.83. The molecule has 11 heteroatoms. The Balaban J connectivity index is 3.37. The summed E-state index contributed by atoms with van der Waals surface area (Å²) < 4.78 is 62.3. The van der Waals surface area contributed by atoms with Crippen LogP contribution in [0.15, 0.2) is 23.1 Å². The molecule has 0 fully saturated rings. The topological polar surface area (TPSA) is 101 Å². The molecule has 0 aliphatic heterocycles. The van der Waals surface area contributed by atoms with Crippen LogP contribution in [0.4, 0.5) is 18.9 Å². The Bertz CT molecular complexity index is 623. The minimum Gasteiger partial charge on any atom is -0.395 e. The van der Waals surface area contributed by atoms with Crippen LogP contribution < -0.4 is 0 Å². The molecule has 0 atom stereocenters. The van der Waals surface area contributed by atoms with E-state index in [1.807, 2.05) is 0 Å². The number of nitrogens with zero attached hydrogens (tertiary/aromatic N) is 2. The van der Waals surface area contributed by atoms with Crippen molar-refractivity contribution >= 4 is 15.7 Å². The second-order valence-corrected chi connectivity index (χ2v) is 5.75. The first-order valence-corrected chi connectivity index (χ1v) is 6.97. The number of halogens is 3. The predicted molar refractivity (Wildman–Crippen MR) is 64.9 cm³/mol. The van der Waals surface area contributed by atoms with Crippen molar-refractivity contribution in [3.63, 3.8) is 0 Å². The summed E-state index contributed by atoms with van der Waals surface area (Å²) in [5.74, 6) is -1.04. The highest BCUT2D eigenvalue weighted by molar-refractivity contribution is 7.89. The molecule has 1 aromatic carbocycles. The maximum absolute atomic E-state index is 13.0. The Kier molecular flexibility index (Phi) is 5.63. The molecular formula is C10H11F3N2O5S. The first-order chi connectivity index (χ1) is 9.70. The van der Waals surface area contributed by atoms with Crippen molar-refractivity contribution in [2.24, 2.45) is 0 Å². The third-order valence-corrected chi connectivity index (χ3v) is 4.34. The van der Waals surface area contributed by atoms with Gasteiger partial charge in [0.1, 0.15) is 5.82 Å². The third kappa shape index (κ3) is 4.12. The van der Waals surface area contributed by atoms with E-state index in [4.69, 9.17) is 5.11 Å². The molecule has 0 spiro atoms. The van der Waals surface area contributed by atoms with Crippen LogP contribution in [0.1, 0.15) is 0 Å². The van der Waals surface area contributed by atoms with Crippen LogP contribution in [-0.2, 0) is 10.0 Å². The van der Waals surface area contributed by atoms with E-state index in [9.17, 15) is 31.7 Å². The number of sulfonamides is 1. The first-order valence-electron chi connectivity index (χ1n) is 5.53. The Labute approximate surface area is 117 Å². The Morgan fingerprint density at radius 2 is 2.00 bits per heavy atom. The molecule has 0 radical (unpaired) electrons. The van der Waals surface area contributed by atoms with Crippen molar-refractivity contribution in [1.82, 2.24) is 4.31 Å². The number of aliphatic hydroxyl groups is 1. The lowest BCUT2D eigenvalue weighted by Gasteiger charge is -2.20. The van der Waals surface area contributed by atoms with Gasteiger partial charge in [-0.05, 0) is 12.1 Å². The molecule has 1 N–H and O–H groups in total. The van der Waals surface area contributed by atoms with Crippen LogP contribution in [0.2, 0.25) is 0 Å². The van der Waals surface area contributed by atoms with Gasteiger partial charge in [0.25, 0.3) is 12.1 Å². The van der Waals surface area contributed by atoms with E-state index in [2.05, 4.69) is 0 Å². The van der Waals surface area contributed by atoms with Crippen LogP contribution in [0.5, 0.6) is 0 Å². The zero-order valence-electron chi connectivity index (χ0n) is 10.4. The minimum absolute atomic E-state index is 0.206. The van der Waals surface area contributed by atoms with Crippen LogP contribution in [0, 0.1) is 15.9 Å². The van der Waals surface area contributed by atoms with Crippen molar-refractivity contribution in [3.8, 4) is 0 Å². The minimum atomic E-state index is -4.67. The summed E-state index contributed by atoms with van der Waals surface area (Å²) in [6.45, 7) is -2.65. The van der Waals surface area contributed by atoms with Gasteiger partial charge < -0.3 is 5.11 Å². The maximum Gasteiger partial charge on any atom is 0.292 e. The maximum atomic E-state index is 13.0. The van der Waals surface area contributed by atoms with Gasteiger partial charge in [0.2, 0.25) is 10.0 Å².